The van der Waals surface area contributed by atoms with E-state index in [1.165, 1.54) is 32.1 Å². The molecular weight excluding hydrogens is 348 g/mol. The van der Waals surface area contributed by atoms with Crippen LogP contribution in [0, 0.1) is 12.8 Å². The van der Waals surface area contributed by atoms with Gasteiger partial charge < -0.3 is 10.2 Å². The number of aromatic nitrogens is 1. The average Bonchev–Trinajstić information content (AvgIpc) is 3.03. The summed E-state index contributed by atoms with van der Waals surface area (Å²) in [6, 6.07) is -0.335. The van der Waals surface area contributed by atoms with Crippen LogP contribution in [0.15, 0.2) is 5.38 Å². The fourth-order valence-electron chi connectivity index (χ4n) is 3.99. The highest BCUT2D eigenvalue weighted by atomic mass is 32.1. The van der Waals surface area contributed by atoms with Gasteiger partial charge in [-0.15, -0.1) is 11.3 Å². The van der Waals surface area contributed by atoms with Gasteiger partial charge in [0.25, 0.3) is 0 Å². The van der Waals surface area contributed by atoms with Crippen LogP contribution >= 0.6 is 11.3 Å². The van der Waals surface area contributed by atoms with Crippen LogP contribution < -0.4 is 5.32 Å². The molecule has 1 aliphatic carbocycles. The molecule has 0 unspecified atom stereocenters. The van der Waals surface area contributed by atoms with Crippen molar-refractivity contribution in [2.75, 3.05) is 26.7 Å². The molecule has 26 heavy (non-hydrogen) atoms. The Hall–Kier alpha value is -1.47. The molecule has 2 aliphatic rings. The summed E-state index contributed by atoms with van der Waals surface area (Å²) in [5, 5.41) is 5.86. The van der Waals surface area contributed by atoms with Gasteiger partial charge in [0.1, 0.15) is 5.01 Å². The molecule has 3 rings (SSSR count). The standard InChI is InChI=1S/C19H30N4O2S/c1-14-13-26-17(21-14)12-22(2)18(24)10-16-19(25)20-8-9-23(16)11-15-6-4-3-5-7-15/h13,15-16H,3-12H2,1-2H3,(H,20,25)/t16-/m0/s1. The van der Waals surface area contributed by atoms with Crippen LogP contribution in [0.4, 0.5) is 0 Å². The molecule has 0 bridgehead atoms. The molecule has 2 amide bonds. The van der Waals surface area contributed by atoms with Crippen molar-refractivity contribution in [3.05, 3.63) is 16.1 Å². The van der Waals surface area contributed by atoms with E-state index in [0.717, 1.165) is 23.8 Å². The predicted octanol–water partition coefficient (Wildman–Crippen LogP) is 2.18. The molecule has 0 spiro atoms. The maximum Gasteiger partial charge on any atom is 0.237 e. The number of rotatable bonds is 6. The minimum atomic E-state index is -0.335. The van der Waals surface area contributed by atoms with Gasteiger partial charge in [0.15, 0.2) is 0 Å². The van der Waals surface area contributed by atoms with Gasteiger partial charge in [-0.05, 0) is 25.7 Å². The molecule has 0 radical (unpaired) electrons. The summed E-state index contributed by atoms with van der Waals surface area (Å²) in [5.41, 5.74) is 0.983. The number of carbonyl (C=O) groups excluding carboxylic acids is 2. The zero-order valence-electron chi connectivity index (χ0n) is 15.9. The number of nitrogens with one attached hydrogen (secondary N) is 1. The number of nitrogens with zero attached hydrogens (tertiary/aromatic N) is 3. The number of carbonyl (C=O) groups is 2. The van der Waals surface area contributed by atoms with Crippen LogP contribution in [0.5, 0.6) is 0 Å². The smallest absolute Gasteiger partial charge is 0.237 e. The fraction of sp³-hybridized carbons (Fsp3) is 0.737. The van der Waals surface area contributed by atoms with Crippen molar-refractivity contribution in [2.24, 2.45) is 5.92 Å². The quantitative estimate of drug-likeness (QED) is 0.824. The Bertz CT molecular complexity index is 627. The molecule has 1 aromatic rings. The molecular formula is C19H30N4O2S. The lowest BCUT2D eigenvalue weighted by Crippen LogP contribution is -2.57. The third-order valence-corrected chi connectivity index (χ3v) is 6.44. The molecule has 144 valence electrons. The first-order chi connectivity index (χ1) is 12.5. The summed E-state index contributed by atoms with van der Waals surface area (Å²) in [5.74, 6) is 0.677. The summed E-state index contributed by atoms with van der Waals surface area (Å²) in [7, 11) is 1.80. The van der Waals surface area contributed by atoms with Gasteiger partial charge in [0.2, 0.25) is 11.8 Å². The number of amides is 2. The van der Waals surface area contributed by atoms with Crippen molar-refractivity contribution in [3.8, 4) is 0 Å². The lowest BCUT2D eigenvalue weighted by atomic mass is 9.88. The number of hydrogen-bond donors (Lipinski definition) is 1. The highest BCUT2D eigenvalue weighted by Gasteiger charge is 2.33. The topological polar surface area (TPSA) is 65.5 Å². The first kappa shape index (κ1) is 19.3. The summed E-state index contributed by atoms with van der Waals surface area (Å²) >= 11 is 1.57. The Balaban J connectivity index is 1.58. The van der Waals surface area contributed by atoms with Crippen LogP contribution in [-0.2, 0) is 16.1 Å². The van der Waals surface area contributed by atoms with E-state index in [9.17, 15) is 9.59 Å². The van der Waals surface area contributed by atoms with Crippen LogP contribution in [0.3, 0.4) is 0 Å². The molecule has 2 heterocycles. The van der Waals surface area contributed by atoms with Crippen molar-refractivity contribution in [2.45, 2.75) is 58.0 Å². The highest BCUT2D eigenvalue weighted by molar-refractivity contribution is 7.09. The SMILES string of the molecule is Cc1csc(CN(C)C(=O)C[C@H]2C(=O)NCCN2CC2CCCCC2)n1. The summed E-state index contributed by atoms with van der Waals surface area (Å²) in [6.45, 7) is 4.94. The van der Waals surface area contributed by atoms with Crippen LogP contribution in [0.1, 0.15) is 49.2 Å². The molecule has 2 fully saturated rings. The number of hydrogen-bond acceptors (Lipinski definition) is 5. The highest BCUT2D eigenvalue weighted by Crippen LogP contribution is 2.26. The monoisotopic (exact) mass is 378 g/mol. The third-order valence-electron chi connectivity index (χ3n) is 5.49. The molecule has 0 aromatic carbocycles. The molecule has 6 nitrogen and oxygen atoms in total. The molecule has 7 heteroatoms. The van der Waals surface area contributed by atoms with E-state index >= 15 is 0 Å². The van der Waals surface area contributed by atoms with E-state index in [4.69, 9.17) is 0 Å². The largest absolute Gasteiger partial charge is 0.353 e. The van der Waals surface area contributed by atoms with Crippen LogP contribution in [0.2, 0.25) is 0 Å². The fourth-order valence-corrected chi connectivity index (χ4v) is 4.82. The molecule has 1 aromatic heterocycles. The molecule has 1 atom stereocenters. The van der Waals surface area contributed by atoms with E-state index in [-0.39, 0.29) is 24.3 Å². The first-order valence-electron chi connectivity index (χ1n) is 9.69. The predicted molar refractivity (Wildman–Crippen MR) is 103 cm³/mol. The van der Waals surface area contributed by atoms with Crippen molar-refractivity contribution in [1.29, 1.82) is 0 Å². The lowest BCUT2D eigenvalue weighted by Gasteiger charge is -2.38. The summed E-state index contributed by atoms with van der Waals surface area (Å²) < 4.78 is 0. The van der Waals surface area contributed by atoms with E-state index in [0.29, 0.717) is 19.0 Å². The van der Waals surface area contributed by atoms with Gasteiger partial charge >= 0.3 is 0 Å². The van der Waals surface area contributed by atoms with Gasteiger partial charge in [-0.1, -0.05) is 19.3 Å². The minimum Gasteiger partial charge on any atom is -0.353 e. The maximum atomic E-state index is 12.7. The van der Waals surface area contributed by atoms with Gasteiger partial charge in [-0.25, -0.2) is 4.98 Å². The van der Waals surface area contributed by atoms with Gasteiger partial charge in [0, 0.05) is 37.8 Å². The second-order valence-electron chi connectivity index (χ2n) is 7.64. The van der Waals surface area contributed by atoms with Crippen molar-refractivity contribution in [1.82, 2.24) is 20.1 Å². The van der Waals surface area contributed by atoms with E-state index in [1.54, 1.807) is 23.3 Å². The zero-order chi connectivity index (χ0) is 18.5. The second kappa shape index (κ2) is 8.95. The Morgan fingerprint density at radius 2 is 2.15 bits per heavy atom. The molecule has 1 N–H and O–H groups in total. The van der Waals surface area contributed by atoms with E-state index in [2.05, 4.69) is 15.2 Å². The molecule has 1 aliphatic heterocycles. The first-order valence-corrected chi connectivity index (χ1v) is 10.6. The van der Waals surface area contributed by atoms with Gasteiger partial charge in [0.05, 0.1) is 19.0 Å². The second-order valence-corrected chi connectivity index (χ2v) is 8.59. The third kappa shape index (κ3) is 5.04. The zero-order valence-corrected chi connectivity index (χ0v) is 16.7. The van der Waals surface area contributed by atoms with Crippen molar-refractivity contribution < 1.29 is 9.59 Å². The van der Waals surface area contributed by atoms with Crippen LogP contribution in [-0.4, -0.2) is 59.3 Å². The Morgan fingerprint density at radius 3 is 2.85 bits per heavy atom. The molecule has 1 saturated heterocycles. The maximum absolute atomic E-state index is 12.7. The average molecular weight is 379 g/mol. The van der Waals surface area contributed by atoms with Crippen molar-refractivity contribution >= 4 is 23.2 Å². The number of piperazine rings is 1. The summed E-state index contributed by atoms with van der Waals surface area (Å²) in [6.07, 6.45) is 6.68. The Morgan fingerprint density at radius 1 is 1.38 bits per heavy atom. The molecule has 1 saturated carbocycles. The summed E-state index contributed by atoms with van der Waals surface area (Å²) in [4.78, 5) is 33.5. The van der Waals surface area contributed by atoms with Crippen molar-refractivity contribution in [3.63, 3.8) is 0 Å². The van der Waals surface area contributed by atoms with Gasteiger partial charge in [-0.2, -0.15) is 0 Å². The van der Waals surface area contributed by atoms with Crippen LogP contribution in [0.25, 0.3) is 0 Å². The number of aryl methyl sites for hydroxylation is 1. The normalized spacial score (nSPS) is 22.2. The number of thiazole rings is 1. The van der Waals surface area contributed by atoms with E-state index in [1.807, 2.05) is 12.3 Å². The Kier molecular flexibility index (Phi) is 6.64. The Labute approximate surface area is 160 Å². The van der Waals surface area contributed by atoms with E-state index < -0.39 is 0 Å². The lowest BCUT2D eigenvalue weighted by molar-refractivity contribution is -0.138. The van der Waals surface area contributed by atoms with Gasteiger partial charge in [-0.3, -0.25) is 14.5 Å². The minimum absolute atomic E-state index is 0.00102.